The van der Waals surface area contributed by atoms with Gasteiger partial charge in [0.1, 0.15) is 5.82 Å². The lowest BCUT2D eigenvalue weighted by Gasteiger charge is -2.31. The first kappa shape index (κ1) is 24.3. The van der Waals surface area contributed by atoms with E-state index in [2.05, 4.69) is 93.8 Å². The number of hydrogen-bond donors (Lipinski definition) is 0. The van der Waals surface area contributed by atoms with E-state index in [0.29, 0.717) is 6.04 Å². The molecule has 4 nitrogen and oxygen atoms in total. The van der Waals surface area contributed by atoms with Crippen LogP contribution in [0.2, 0.25) is 0 Å². The number of hydrogen-bond acceptors (Lipinski definition) is 4. The Morgan fingerprint density at radius 1 is 0.912 bits per heavy atom. The van der Waals surface area contributed by atoms with Crippen LogP contribution in [0.25, 0.3) is 0 Å². The monoisotopic (exact) mass is 456 g/mol. The van der Waals surface area contributed by atoms with Crippen LogP contribution in [0.4, 0.5) is 17.5 Å². The van der Waals surface area contributed by atoms with Crippen molar-refractivity contribution in [3.05, 3.63) is 76.0 Å². The molecule has 1 aromatic heterocycles. The predicted molar refractivity (Wildman–Crippen MR) is 144 cm³/mol. The molecule has 0 aliphatic carbocycles. The molecule has 0 N–H and O–H groups in total. The number of rotatable bonds is 9. The Balaban J connectivity index is 1.83. The fourth-order valence-electron chi connectivity index (χ4n) is 5.65. The Kier molecular flexibility index (Phi) is 7.55. The number of benzene rings is 2. The summed E-state index contributed by atoms with van der Waals surface area (Å²) >= 11 is 0. The standard InChI is InChI=1S/C30H40N4/c1-7-12-26(13-8-2)33-17-16-27-24(6)31-30(32-29(27)33)34(20-25-14-10-9-11-15-25)28-22(4)18-21(3)19-23(28)5/h9-11,14-15,18-19,26H,7-8,12-13,16-17,20H2,1-6H3. The van der Waals surface area contributed by atoms with E-state index in [4.69, 9.17) is 9.97 Å². The Morgan fingerprint density at radius 2 is 1.56 bits per heavy atom. The third kappa shape index (κ3) is 4.96. The maximum Gasteiger partial charge on any atom is 0.232 e. The quantitative estimate of drug-likeness (QED) is 0.336. The maximum atomic E-state index is 5.30. The molecule has 3 aromatic rings. The van der Waals surface area contributed by atoms with E-state index >= 15 is 0 Å². The molecule has 0 bridgehead atoms. The maximum absolute atomic E-state index is 5.30. The molecule has 4 rings (SSSR count). The van der Waals surface area contributed by atoms with Crippen LogP contribution in [0.3, 0.4) is 0 Å². The number of aryl methyl sites for hydroxylation is 4. The molecule has 0 spiro atoms. The molecule has 2 aromatic carbocycles. The molecule has 0 unspecified atom stereocenters. The van der Waals surface area contributed by atoms with E-state index in [-0.39, 0.29) is 0 Å². The second kappa shape index (κ2) is 10.6. The van der Waals surface area contributed by atoms with Gasteiger partial charge in [0.2, 0.25) is 5.95 Å². The lowest BCUT2D eigenvalue weighted by atomic mass is 10.0. The summed E-state index contributed by atoms with van der Waals surface area (Å²) < 4.78 is 0. The fraction of sp³-hybridized carbons (Fsp3) is 0.467. The van der Waals surface area contributed by atoms with Crippen molar-refractivity contribution in [3.63, 3.8) is 0 Å². The molecule has 4 heteroatoms. The van der Waals surface area contributed by atoms with Gasteiger partial charge in [-0.3, -0.25) is 0 Å². The van der Waals surface area contributed by atoms with Crippen molar-refractivity contribution in [2.45, 2.75) is 86.2 Å². The van der Waals surface area contributed by atoms with Crippen LogP contribution >= 0.6 is 0 Å². The van der Waals surface area contributed by atoms with Gasteiger partial charge in [-0.25, -0.2) is 4.98 Å². The molecule has 0 saturated heterocycles. The minimum atomic E-state index is 0.559. The minimum absolute atomic E-state index is 0.559. The van der Waals surface area contributed by atoms with Crippen LogP contribution in [-0.2, 0) is 13.0 Å². The SMILES string of the molecule is CCCC(CCC)N1CCc2c(C)nc(N(Cc3ccccc3)c3c(C)cc(C)cc3C)nc21. The van der Waals surface area contributed by atoms with Gasteiger partial charge in [-0.05, 0) is 63.6 Å². The molecular weight excluding hydrogens is 416 g/mol. The summed E-state index contributed by atoms with van der Waals surface area (Å²) in [5, 5.41) is 0. The topological polar surface area (TPSA) is 32.3 Å². The molecule has 0 amide bonds. The first-order valence-corrected chi connectivity index (χ1v) is 13.0. The highest BCUT2D eigenvalue weighted by Crippen LogP contribution is 2.37. The van der Waals surface area contributed by atoms with Crippen LogP contribution in [0.15, 0.2) is 42.5 Å². The Labute approximate surface area is 206 Å². The summed E-state index contributed by atoms with van der Waals surface area (Å²) in [6.07, 6.45) is 5.89. The summed E-state index contributed by atoms with van der Waals surface area (Å²) in [7, 11) is 0. The van der Waals surface area contributed by atoms with Crippen molar-refractivity contribution in [1.29, 1.82) is 0 Å². The molecule has 0 radical (unpaired) electrons. The van der Waals surface area contributed by atoms with E-state index in [1.54, 1.807) is 0 Å². The van der Waals surface area contributed by atoms with Crippen molar-refractivity contribution >= 4 is 17.5 Å². The van der Waals surface area contributed by atoms with Gasteiger partial charge < -0.3 is 9.80 Å². The van der Waals surface area contributed by atoms with Crippen molar-refractivity contribution in [2.75, 3.05) is 16.3 Å². The molecule has 1 aliphatic heterocycles. The van der Waals surface area contributed by atoms with Crippen LogP contribution in [0.5, 0.6) is 0 Å². The summed E-state index contributed by atoms with van der Waals surface area (Å²) in [4.78, 5) is 15.3. The van der Waals surface area contributed by atoms with Crippen molar-refractivity contribution in [1.82, 2.24) is 9.97 Å². The Hall–Kier alpha value is -2.88. The Bertz CT molecular complexity index is 1090. The summed E-state index contributed by atoms with van der Waals surface area (Å²) in [5.74, 6) is 1.98. The van der Waals surface area contributed by atoms with Gasteiger partial charge >= 0.3 is 0 Å². The number of anilines is 3. The van der Waals surface area contributed by atoms with Gasteiger partial charge in [-0.1, -0.05) is 74.7 Å². The lowest BCUT2D eigenvalue weighted by molar-refractivity contribution is 0.511. The molecule has 0 fully saturated rings. The van der Waals surface area contributed by atoms with Gasteiger partial charge in [0.25, 0.3) is 0 Å². The highest BCUT2D eigenvalue weighted by molar-refractivity contribution is 5.69. The lowest BCUT2D eigenvalue weighted by Crippen LogP contribution is -2.34. The van der Waals surface area contributed by atoms with Gasteiger partial charge in [0, 0.05) is 23.8 Å². The first-order chi connectivity index (χ1) is 16.4. The van der Waals surface area contributed by atoms with Crippen molar-refractivity contribution in [2.24, 2.45) is 0 Å². The average Bonchev–Trinajstić information content (AvgIpc) is 3.23. The zero-order valence-electron chi connectivity index (χ0n) is 21.9. The normalized spacial score (nSPS) is 13.0. The highest BCUT2D eigenvalue weighted by atomic mass is 15.3. The second-order valence-electron chi connectivity index (χ2n) is 9.90. The van der Waals surface area contributed by atoms with Gasteiger partial charge in [0.15, 0.2) is 0 Å². The van der Waals surface area contributed by atoms with E-state index in [1.807, 2.05) is 0 Å². The fourth-order valence-corrected chi connectivity index (χ4v) is 5.65. The molecular formula is C30H40N4. The smallest absolute Gasteiger partial charge is 0.232 e. The van der Waals surface area contributed by atoms with Crippen LogP contribution in [0, 0.1) is 27.7 Å². The molecule has 34 heavy (non-hydrogen) atoms. The van der Waals surface area contributed by atoms with Gasteiger partial charge in [-0.15, -0.1) is 0 Å². The van der Waals surface area contributed by atoms with Crippen molar-refractivity contribution < 1.29 is 0 Å². The molecule has 180 valence electrons. The third-order valence-electron chi connectivity index (χ3n) is 7.07. The van der Waals surface area contributed by atoms with E-state index in [1.165, 1.54) is 59.2 Å². The highest BCUT2D eigenvalue weighted by Gasteiger charge is 2.30. The van der Waals surface area contributed by atoms with E-state index < -0.39 is 0 Å². The van der Waals surface area contributed by atoms with Crippen LogP contribution in [-0.4, -0.2) is 22.6 Å². The Morgan fingerprint density at radius 3 is 2.18 bits per heavy atom. The number of aromatic nitrogens is 2. The second-order valence-corrected chi connectivity index (χ2v) is 9.90. The molecule has 1 aliphatic rings. The van der Waals surface area contributed by atoms with E-state index in [9.17, 15) is 0 Å². The molecule has 0 saturated carbocycles. The van der Waals surface area contributed by atoms with Crippen LogP contribution < -0.4 is 9.80 Å². The van der Waals surface area contributed by atoms with E-state index in [0.717, 1.165) is 37.0 Å². The summed E-state index contributed by atoms with van der Waals surface area (Å²) in [6, 6.07) is 15.8. The van der Waals surface area contributed by atoms with Crippen molar-refractivity contribution in [3.8, 4) is 0 Å². The zero-order chi connectivity index (χ0) is 24.2. The van der Waals surface area contributed by atoms with Gasteiger partial charge in [-0.2, -0.15) is 4.98 Å². The summed E-state index contributed by atoms with van der Waals surface area (Å²) in [5.41, 5.74) is 8.75. The first-order valence-electron chi connectivity index (χ1n) is 13.0. The average molecular weight is 457 g/mol. The van der Waals surface area contributed by atoms with Crippen LogP contribution in [0.1, 0.15) is 73.0 Å². The number of nitrogens with zero attached hydrogens (tertiary/aromatic N) is 4. The zero-order valence-corrected chi connectivity index (χ0v) is 21.9. The largest absolute Gasteiger partial charge is 0.353 e. The molecule has 2 heterocycles. The van der Waals surface area contributed by atoms with Gasteiger partial charge in [0.05, 0.1) is 12.2 Å². The minimum Gasteiger partial charge on any atom is -0.353 e. The summed E-state index contributed by atoms with van der Waals surface area (Å²) in [6.45, 7) is 15.1. The number of fused-ring (bicyclic) bond motifs is 1. The molecule has 0 atom stereocenters. The third-order valence-corrected chi connectivity index (χ3v) is 7.07. The predicted octanol–water partition coefficient (Wildman–Crippen LogP) is 7.38.